The van der Waals surface area contributed by atoms with E-state index in [4.69, 9.17) is 18.9 Å². The summed E-state index contributed by atoms with van der Waals surface area (Å²) in [4.78, 5) is 27.7. The second kappa shape index (κ2) is 20.6. The molecule has 61 heavy (non-hydrogen) atoms. The SMILES string of the molecule is CN(C)Cc1cc(C(F)(F)C(F)(F)F)ccc1Oc1ccccc1NC(=O)OC(C)(C)C.CN(C)Cc1cc(C=C(F)F)ccc1Oc1ccccc1NC(=O)OC(C)(C)C. The van der Waals surface area contributed by atoms with Crippen molar-refractivity contribution < 1.29 is 59.3 Å². The average molecular weight is 865 g/mol. The third kappa shape index (κ3) is 16.3. The van der Waals surface area contributed by atoms with Gasteiger partial charge in [-0.3, -0.25) is 10.6 Å². The van der Waals surface area contributed by atoms with E-state index in [1.54, 1.807) is 115 Å². The monoisotopic (exact) mass is 864 g/mol. The number of amides is 2. The van der Waals surface area contributed by atoms with E-state index < -0.39 is 47.1 Å². The lowest BCUT2D eigenvalue weighted by molar-refractivity contribution is -0.289. The Morgan fingerprint density at radius 2 is 1.00 bits per heavy atom. The lowest BCUT2D eigenvalue weighted by Gasteiger charge is -2.23. The Morgan fingerprint density at radius 1 is 0.590 bits per heavy atom. The molecule has 4 aromatic carbocycles. The zero-order valence-corrected chi connectivity index (χ0v) is 35.6. The van der Waals surface area contributed by atoms with E-state index >= 15 is 0 Å². The predicted octanol–water partition coefficient (Wildman–Crippen LogP) is 12.7. The number of benzene rings is 4. The Bertz CT molecular complexity index is 2140. The molecule has 0 saturated carbocycles. The highest BCUT2D eigenvalue weighted by molar-refractivity contribution is 5.87. The van der Waals surface area contributed by atoms with E-state index in [9.17, 15) is 40.3 Å². The summed E-state index contributed by atoms with van der Waals surface area (Å²) >= 11 is 0. The van der Waals surface area contributed by atoms with Crippen molar-refractivity contribution in [1.82, 2.24) is 9.80 Å². The Hall–Kier alpha value is -5.81. The maximum absolute atomic E-state index is 13.8. The second-order valence-corrected chi connectivity index (χ2v) is 16.1. The number of para-hydroxylation sites is 4. The van der Waals surface area contributed by atoms with Crippen molar-refractivity contribution in [3.63, 3.8) is 0 Å². The van der Waals surface area contributed by atoms with E-state index in [0.29, 0.717) is 35.4 Å². The third-order valence-corrected chi connectivity index (χ3v) is 7.60. The van der Waals surface area contributed by atoms with Crippen molar-refractivity contribution in [2.45, 2.75) is 77.9 Å². The van der Waals surface area contributed by atoms with Crippen LogP contribution in [0.5, 0.6) is 23.0 Å². The van der Waals surface area contributed by atoms with Crippen molar-refractivity contribution in [2.75, 3.05) is 38.8 Å². The van der Waals surface area contributed by atoms with Crippen LogP contribution in [-0.2, 0) is 28.5 Å². The number of ether oxygens (including phenoxy) is 4. The maximum Gasteiger partial charge on any atom is 0.458 e. The van der Waals surface area contributed by atoms with Gasteiger partial charge in [-0.15, -0.1) is 0 Å². The molecule has 0 saturated heterocycles. The van der Waals surface area contributed by atoms with Gasteiger partial charge in [0.1, 0.15) is 22.7 Å². The molecule has 4 aromatic rings. The van der Waals surface area contributed by atoms with Gasteiger partial charge in [0.05, 0.1) is 11.4 Å². The highest BCUT2D eigenvalue weighted by Gasteiger charge is 2.58. The molecular weight excluding hydrogens is 813 g/mol. The third-order valence-electron chi connectivity index (χ3n) is 7.60. The highest BCUT2D eigenvalue weighted by Crippen LogP contribution is 2.45. The van der Waals surface area contributed by atoms with Crippen LogP contribution in [0, 0.1) is 0 Å². The maximum atomic E-state index is 13.8. The summed E-state index contributed by atoms with van der Waals surface area (Å²) in [6, 6.07) is 20.6. The normalized spacial score (nSPS) is 11.9. The molecule has 0 heterocycles. The predicted molar refractivity (Wildman–Crippen MR) is 221 cm³/mol. The molecule has 0 aromatic heterocycles. The largest absolute Gasteiger partial charge is 0.458 e. The molecule has 0 spiro atoms. The number of hydrogen-bond acceptors (Lipinski definition) is 8. The van der Waals surface area contributed by atoms with E-state index in [2.05, 4.69) is 10.6 Å². The van der Waals surface area contributed by atoms with Crippen LogP contribution in [0.4, 0.5) is 51.7 Å². The van der Waals surface area contributed by atoms with Crippen molar-refractivity contribution in [2.24, 2.45) is 0 Å². The van der Waals surface area contributed by atoms with Gasteiger partial charge < -0.3 is 28.7 Å². The molecule has 0 unspecified atom stereocenters. The fraction of sp³-hybridized carbons (Fsp3) is 0.364. The number of carbonyl (C=O) groups excluding carboxylic acids is 2. The average Bonchev–Trinajstić information content (AvgIpc) is 3.09. The topological polar surface area (TPSA) is 102 Å². The summed E-state index contributed by atoms with van der Waals surface area (Å²) in [5, 5.41) is 5.22. The van der Waals surface area contributed by atoms with Gasteiger partial charge in [0, 0.05) is 35.9 Å². The minimum Gasteiger partial charge on any atom is -0.455 e. The standard InChI is InChI=1S/C22H25F5N2O3.C22H26F2N2O3/c1-20(2,3)32-19(30)28-16-8-6-7-9-18(16)31-17-11-10-15(12-14(17)13-29(4)5)21(23,24)22(25,26)27;1-22(2,3)29-21(27)25-17-8-6-7-9-19(17)28-18-11-10-15(13-20(23)24)12-16(18)14-26(4)5/h6-12H,13H2,1-5H3,(H,28,30);6-13H,14H2,1-5H3,(H,25,27). The van der Waals surface area contributed by atoms with E-state index in [-0.39, 0.29) is 29.3 Å². The molecule has 2 amide bonds. The first-order valence-electron chi connectivity index (χ1n) is 18.7. The number of nitrogens with zero attached hydrogens (tertiary/aromatic N) is 2. The van der Waals surface area contributed by atoms with Crippen molar-refractivity contribution in [1.29, 1.82) is 0 Å². The number of alkyl halides is 5. The molecular formula is C44H51F7N4O6. The molecule has 17 heteroatoms. The number of hydrogen-bond donors (Lipinski definition) is 2. The lowest BCUT2D eigenvalue weighted by atomic mass is 10.0. The Morgan fingerprint density at radius 3 is 1.39 bits per heavy atom. The lowest BCUT2D eigenvalue weighted by Crippen LogP contribution is -2.33. The summed E-state index contributed by atoms with van der Waals surface area (Å²) in [6.45, 7) is 10.9. The zero-order chi connectivity index (χ0) is 45.9. The van der Waals surface area contributed by atoms with Gasteiger partial charge in [0.25, 0.3) is 6.08 Å². The first-order chi connectivity index (χ1) is 28.1. The molecule has 10 nitrogen and oxygen atoms in total. The second-order valence-electron chi connectivity index (χ2n) is 16.1. The van der Waals surface area contributed by atoms with Gasteiger partial charge >= 0.3 is 24.3 Å². The number of nitrogens with one attached hydrogen (secondary N) is 2. The number of rotatable bonds is 12. The summed E-state index contributed by atoms with van der Waals surface area (Å²) in [6.07, 6.45) is -8.01. The Labute approximate surface area is 351 Å². The van der Waals surface area contributed by atoms with Crippen LogP contribution in [0.2, 0.25) is 0 Å². The smallest absolute Gasteiger partial charge is 0.455 e. The van der Waals surface area contributed by atoms with Gasteiger partial charge in [0.15, 0.2) is 11.5 Å². The van der Waals surface area contributed by atoms with Crippen LogP contribution >= 0.6 is 0 Å². The Kier molecular flexibility index (Phi) is 16.8. The molecule has 0 aliphatic heterocycles. The van der Waals surface area contributed by atoms with Gasteiger partial charge in [-0.1, -0.05) is 30.3 Å². The van der Waals surface area contributed by atoms with Crippen LogP contribution in [0.25, 0.3) is 6.08 Å². The number of anilines is 2. The number of carbonyl (C=O) groups is 2. The van der Waals surface area contributed by atoms with Crippen LogP contribution in [0.15, 0.2) is 91.0 Å². The first kappa shape index (κ1) is 49.6. The van der Waals surface area contributed by atoms with Gasteiger partial charge in [-0.25, -0.2) is 9.59 Å². The quantitative estimate of drug-likeness (QED) is 0.136. The molecule has 0 aliphatic carbocycles. The van der Waals surface area contributed by atoms with Crippen LogP contribution in [0.3, 0.4) is 0 Å². The first-order valence-corrected chi connectivity index (χ1v) is 18.7. The Balaban J connectivity index is 0.000000327. The summed E-state index contributed by atoms with van der Waals surface area (Å²) < 4.78 is 114. The van der Waals surface area contributed by atoms with Crippen molar-refractivity contribution >= 4 is 29.6 Å². The highest BCUT2D eigenvalue weighted by atomic mass is 19.4. The summed E-state index contributed by atoms with van der Waals surface area (Å²) in [7, 11) is 7.02. The molecule has 0 fully saturated rings. The molecule has 4 rings (SSSR count). The van der Waals surface area contributed by atoms with Crippen LogP contribution < -0.4 is 20.1 Å². The van der Waals surface area contributed by atoms with Gasteiger partial charge in [-0.05, 0) is 130 Å². The molecule has 0 aliphatic rings. The summed E-state index contributed by atoms with van der Waals surface area (Å²) in [5.74, 6) is -3.86. The van der Waals surface area contributed by atoms with E-state index in [1.165, 1.54) is 12.1 Å². The van der Waals surface area contributed by atoms with Gasteiger partial charge in [0.2, 0.25) is 0 Å². The minimum atomic E-state index is -5.73. The van der Waals surface area contributed by atoms with E-state index in [1.807, 2.05) is 19.0 Å². The minimum absolute atomic E-state index is 0.0404. The fourth-order valence-electron chi connectivity index (χ4n) is 5.26. The van der Waals surface area contributed by atoms with Crippen LogP contribution in [0.1, 0.15) is 63.8 Å². The van der Waals surface area contributed by atoms with Crippen molar-refractivity contribution in [3.8, 4) is 23.0 Å². The zero-order valence-electron chi connectivity index (χ0n) is 35.6. The molecule has 332 valence electrons. The van der Waals surface area contributed by atoms with Crippen molar-refractivity contribution in [3.05, 3.63) is 113 Å². The van der Waals surface area contributed by atoms with Crippen LogP contribution in [-0.4, -0.2) is 67.6 Å². The molecule has 2 N–H and O–H groups in total. The molecule has 0 bridgehead atoms. The molecule has 0 radical (unpaired) electrons. The fourth-order valence-corrected chi connectivity index (χ4v) is 5.26. The summed E-state index contributed by atoms with van der Waals surface area (Å²) in [5.41, 5.74) is -0.644. The molecule has 0 atom stereocenters. The van der Waals surface area contributed by atoms with E-state index in [0.717, 1.165) is 23.8 Å². The number of halogens is 7. The van der Waals surface area contributed by atoms with Gasteiger partial charge in [-0.2, -0.15) is 30.7 Å².